The number of aryl methyl sites for hydroxylation is 6. The first-order valence-electron chi connectivity index (χ1n) is 35.6. The summed E-state index contributed by atoms with van der Waals surface area (Å²) in [6.07, 6.45) is 17.5. The first-order chi connectivity index (χ1) is 50.2. The summed E-state index contributed by atoms with van der Waals surface area (Å²) in [5.41, 5.74) is 12.7. The van der Waals surface area contributed by atoms with Crippen molar-refractivity contribution in [2.24, 2.45) is 58.2 Å². The minimum absolute atomic E-state index is 0.00498. The second kappa shape index (κ2) is 39.4. The van der Waals surface area contributed by atoms with E-state index in [1.54, 1.807) is 36.9 Å². The number of nitrogens with zero attached hydrogens (tertiary/aromatic N) is 6. The summed E-state index contributed by atoms with van der Waals surface area (Å²) in [6, 6.07) is 50.3. The Hall–Kier alpha value is -7.53. The second-order valence-corrected chi connectivity index (χ2v) is 36.6. The van der Waals surface area contributed by atoms with E-state index in [1.165, 1.54) is 54.6 Å². The van der Waals surface area contributed by atoms with Gasteiger partial charge < -0.3 is 19.3 Å². The van der Waals surface area contributed by atoms with E-state index in [1.807, 2.05) is 160 Å². The van der Waals surface area contributed by atoms with Gasteiger partial charge in [-0.15, -0.1) is 13.2 Å². The molecule has 3 aliphatic heterocycles. The minimum atomic E-state index is -1.61. The predicted molar refractivity (Wildman–Crippen MR) is 427 cm³/mol. The first kappa shape index (κ1) is 83.1. The molecule has 0 spiro atoms. The standard InChI is InChI=1S/C25H30BrNO4.C23H26BrNO4.C21H27N2.C7H6.2C5H5N.2ClH.Ru/c1-5-16-14-17(6-2)21-20(16)22(28)27(23(21)29)12-13-31-24(30)25(3,4)15-19(26)18-10-8-7-9-11-18;1-23(2,13-17(24)14-6-4-3-5-7-14)22(28)29-11-10-25-20(26)18-15-8-9-16(12-15)19(18)21(25)27;1-14-9-16(3)20(17(4)10-14)22-7-8-23(13-22)21-18(5)11-15(2)12-19(21)6;1-7-5-3-2-4-6-7;2*1-2-4-6-5-3-1;;;/h5-11,16-17,19-21H,1-2,12-15H2,3-4H3;3-9,15-19H,10-13H2,1-2H3;9-13H,7-8H2,1-6H3;1-6H;2*1-5H;2*1H;/q;;-1;;;;;;+2/p-2/t;15?,16?,17?,18-,19+;;;;;;;. The molecule has 3 aliphatic carbocycles. The summed E-state index contributed by atoms with van der Waals surface area (Å²) < 4.78 is 12.9. The van der Waals surface area contributed by atoms with Gasteiger partial charge in [-0.3, -0.25) is 48.5 Å². The molecule has 4 amide bonds. The zero-order chi connectivity index (χ0) is 76.1. The molecule has 7 aromatic rings. The van der Waals surface area contributed by atoms with Gasteiger partial charge in [-0.25, -0.2) is 0 Å². The molecule has 2 saturated carbocycles. The maximum atomic E-state index is 12.9. The number of pyridine rings is 2. The Labute approximate surface area is 651 Å². The van der Waals surface area contributed by atoms with Crippen LogP contribution in [0.4, 0.5) is 11.4 Å². The van der Waals surface area contributed by atoms with Crippen LogP contribution in [0.2, 0.25) is 0 Å². The zero-order valence-electron chi connectivity index (χ0n) is 61.8. The van der Waals surface area contributed by atoms with Crippen LogP contribution in [0.1, 0.15) is 113 Å². The number of allylic oxidation sites excluding steroid dienone is 4. The smallest absolute Gasteiger partial charge is 0.0267 e. The quantitative estimate of drug-likeness (QED) is 0.0189. The molecule has 0 N–H and O–H groups in total. The van der Waals surface area contributed by atoms with Crippen LogP contribution < -0.4 is 9.80 Å². The van der Waals surface area contributed by atoms with Gasteiger partial charge in [0.15, 0.2) is 0 Å². The molecule has 10 atom stereocenters. The summed E-state index contributed by atoms with van der Waals surface area (Å²) in [5.74, 6) is -2.06. The molecular formula is C86H99Br2Cl2N6O8Ru-. The number of amides is 4. The third-order valence-electron chi connectivity index (χ3n) is 19.9. The van der Waals surface area contributed by atoms with Crippen molar-refractivity contribution in [3.63, 3.8) is 0 Å². The molecule has 105 heavy (non-hydrogen) atoms. The van der Waals surface area contributed by atoms with Crippen molar-refractivity contribution >= 4 is 103 Å². The van der Waals surface area contributed by atoms with Crippen molar-refractivity contribution in [3.05, 3.63) is 271 Å². The van der Waals surface area contributed by atoms with Crippen LogP contribution in [0, 0.1) is 106 Å². The fraction of sp³-hybridized carbons (Fsp3) is 0.372. The number of benzene rings is 5. The summed E-state index contributed by atoms with van der Waals surface area (Å²) in [6.45, 7) is 32.9. The number of halogens is 4. The Morgan fingerprint density at radius 3 is 1.18 bits per heavy atom. The molecular weight excluding hydrogens is 1580 g/mol. The Morgan fingerprint density at radius 1 is 0.533 bits per heavy atom. The van der Waals surface area contributed by atoms with E-state index < -0.39 is 24.3 Å². The number of carbonyl (C=O) groups excluding carboxylic acids is 6. The summed E-state index contributed by atoms with van der Waals surface area (Å²) in [5, 5.41) is 0. The molecule has 558 valence electrons. The van der Waals surface area contributed by atoms with Crippen molar-refractivity contribution in [1.29, 1.82) is 0 Å². The van der Waals surface area contributed by atoms with Crippen molar-refractivity contribution in [2.75, 3.05) is 49.2 Å². The Bertz CT molecular complexity index is 3890. The number of hydrogen-bond donors (Lipinski definition) is 0. The minimum Gasteiger partial charge on any atom is -0.265 e. The normalized spacial score (nSPS) is 20.9. The zero-order valence-corrected chi connectivity index (χ0v) is 68.2. The Kier molecular flexibility index (Phi) is 31.2. The van der Waals surface area contributed by atoms with Crippen LogP contribution >= 0.6 is 51.2 Å². The molecule has 0 radical (unpaired) electrons. The van der Waals surface area contributed by atoms with Crippen molar-refractivity contribution in [1.82, 2.24) is 19.8 Å². The number of esters is 2. The molecule has 6 aliphatic rings. The van der Waals surface area contributed by atoms with E-state index in [0.29, 0.717) is 12.8 Å². The van der Waals surface area contributed by atoms with Crippen LogP contribution in [-0.2, 0) is 51.8 Å². The van der Waals surface area contributed by atoms with Crippen LogP contribution in [0.25, 0.3) is 0 Å². The van der Waals surface area contributed by atoms with Crippen LogP contribution in [0.15, 0.2) is 214 Å². The largest absolute Gasteiger partial charge is 0.265 e. The van der Waals surface area contributed by atoms with E-state index in [0.717, 1.165) is 42.6 Å². The Morgan fingerprint density at radius 2 is 0.867 bits per heavy atom. The van der Waals surface area contributed by atoms with Gasteiger partial charge in [0.05, 0.1) is 47.6 Å². The van der Waals surface area contributed by atoms with Crippen molar-refractivity contribution < 1.29 is 51.8 Å². The van der Waals surface area contributed by atoms with Gasteiger partial charge in [-0.2, -0.15) is 6.67 Å². The predicted octanol–water partition coefficient (Wildman–Crippen LogP) is 18.5. The van der Waals surface area contributed by atoms with Gasteiger partial charge in [0.2, 0.25) is 23.6 Å². The monoisotopic (exact) mass is 1670 g/mol. The number of hydrogen-bond acceptors (Lipinski definition) is 12. The average Bonchev–Trinajstić information content (AvgIpc) is 1.59. The van der Waals surface area contributed by atoms with Gasteiger partial charge in [-0.1, -0.05) is 164 Å². The molecule has 2 aromatic heterocycles. The van der Waals surface area contributed by atoms with Crippen molar-refractivity contribution in [3.8, 4) is 0 Å². The number of fused-ring (bicyclic) bond motifs is 6. The summed E-state index contributed by atoms with van der Waals surface area (Å²) in [7, 11) is 11.3. The fourth-order valence-corrected chi connectivity index (χ4v) is 19.0. The van der Waals surface area contributed by atoms with E-state index >= 15 is 0 Å². The van der Waals surface area contributed by atoms with Crippen LogP contribution in [0.5, 0.6) is 0 Å². The molecule has 5 heterocycles. The number of imide groups is 2. The summed E-state index contributed by atoms with van der Waals surface area (Å²) in [4.78, 5) is 91.5. The number of anilines is 2. The number of likely N-dealkylation sites (tertiary alicyclic amines) is 2. The third-order valence-corrected chi connectivity index (χ3v) is 23.4. The maximum Gasteiger partial charge on any atom is 0.0267 e. The second-order valence-electron chi connectivity index (χ2n) is 28.7. The molecule has 14 nitrogen and oxygen atoms in total. The number of rotatable bonds is 19. The van der Waals surface area contributed by atoms with E-state index in [4.69, 9.17) is 28.9 Å². The van der Waals surface area contributed by atoms with Crippen molar-refractivity contribution in [2.45, 2.75) is 105 Å². The molecule has 2 bridgehead atoms. The molecule has 5 fully saturated rings. The number of ether oxygens (including phenoxy) is 2. The number of alkyl halides is 2. The topological polar surface area (TPSA) is 160 Å². The third kappa shape index (κ3) is 22.3. The van der Waals surface area contributed by atoms with E-state index in [-0.39, 0.29) is 119 Å². The van der Waals surface area contributed by atoms with Gasteiger partial charge in [0.1, 0.15) is 13.2 Å². The fourth-order valence-electron chi connectivity index (χ4n) is 15.0. The Balaban J connectivity index is 0.000000174. The van der Waals surface area contributed by atoms with Gasteiger partial charge in [0.25, 0.3) is 0 Å². The summed E-state index contributed by atoms with van der Waals surface area (Å²) >= 11 is 5.71. The molecule has 5 aromatic carbocycles. The average molecular weight is 1680 g/mol. The maximum absolute atomic E-state index is 12.9. The first-order valence-corrected chi connectivity index (χ1v) is 43.0. The number of aromatic nitrogens is 2. The molecule has 13 rings (SSSR count). The van der Waals surface area contributed by atoms with Gasteiger partial charge >= 0.3 is 85.3 Å². The van der Waals surface area contributed by atoms with Crippen LogP contribution in [0.3, 0.4) is 0 Å². The molecule has 3 saturated heterocycles. The van der Waals surface area contributed by atoms with Gasteiger partial charge in [0, 0.05) is 58.9 Å². The SMILES string of the molecule is C=CC1CC(C=C)C2C(=O)N(CCOC(=O)C(C)(C)CC(Br)c3ccccc3)C(=O)C12.CC(C)(CC(Br)c1ccccc1)C(=O)OCCN1C(=O)[C@@H]2C3C=CC(C3)[C@@H]2C1=O.Cc1cc(C)c(N2[CH-]N(c3c(C)cc(C)cc3C)CC2)c(C)c1.[Cl][Ru]([Cl])=[CH]c1ccccc1.c1ccncc1.c1ccncc1. The van der Waals surface area contributed by atoms with Crippen LogP contribution in [-0.4, -0.2) is 99.3 Å². The van der Waals surface area contributed by atoms with E-state index in [9.17, 15) is 28.8 Å². The molecule has 19 heteroatoms. The number of carbonyl (C=O) groups is 6. The van der Waals surface area contributed by atoms with E-state index in [2.05, 4.69) is 149 Å². The molecule has 8 unspecified atom stereocenters. The van der Waals surface area contributed by atoms with Gasteiger partial charge in [-0.05, 0) is 176 Å².